The molecule has 0 unspecified atom stereocenters. The van der Waals surface area contributed by atoms with Gasteiger partial charge >= 0.3 is 0 Å². The molecule has 3 aromatic rings. The van der Waals surface area contributed by atoms with Gasteiger partial charge in [0, 0.05) is 61.8 Å². The number of hydrogen-bond donors (Lipinski definition) is 1. The summed E-state index contributed by atoms with van der Waals surface area (Å²) < 4.78 is 2.15. The van der Waals surface area contributed by atoms with Crippen molar-refractivity contribution in [2.24, 2.45) is 0 Å². The highest BCUT2D eigenvalue weighted by atomic mass is 32.2. The van der Waals surface area contributed by atoms with Crippen LogP contribution in [0.2, 0.25) is 0 Å². The quantitative estimate of drug-likeness (QED) is 0.560. The second-order valence-corrected chi connectivity index (χ2v) is 10.1. The molecule has 3 heterocycles. The van der Waals surface area contributed by atoms with E-state index in [0.29, 0.717) is 12.1 Å². The number of nitriles is 1. The Balaban J connectivity index is 1.22. The van der Waals surface area contributed by atoms with E-state index in [1.807, 2.05) is 48.6 Å². The summed E-state index contributed by atoms with van der Waals surface area (Å²) in [4.78, 5) is 10.7. The second-order valence-electron chi connectivity index (χ2n) is 9.10. The van der Waals surface area contributed by atoms with E-state index in [0.717, 1.165) is 62.0 Å². The molecule has 1 fully saturated rings. The van der Waals surface area contributed by atoms with Crippen LogP contribution in [0.1, 0.15) is 22.4 Å². The molecule has 2 aliphatic rings. The van der Waals surface area contributed by atoms with Gasteiger partial charge in [-0.05, 0) is 54.1 Å². The highest BCUT2D eigenvalue weighted by Crippen LogP contribution is 2.34. The Hall–Kier alpha value is -3.05. The van der Waals surface area contributed by atoms with Crippen molar-refractivity contribution in [3.05, 3.63) is 82.9 Å². The largest absolute Gasteiger partial charge is 0.379 e. The molecule has 34 heavy (non-hydrogen) atoms. The van der Waals surface area contributed by atoms with Gasteiger partial charge in [0.15, 0.2) is 0 Å². The second kappa shape index (κ2) is 10.5. The third-order valence-corrected chi connectivity index (χ3v) is 7.71. The summed E-state index contributed by atoms with van der Waals surface area (Å²) in [6, 6.07) is 16.6. The lowest BCUT2D eigenvalue weighted by atomic mass is 10.1. The van der Waals surface area contributed by atoms with Crippen molar-refractivity contribution in [2.75, 3.05) is 50.8 Å². The molecule has 2 aromatic carbocycles. The summed E-state index contributed by atoms with van der Waals surface area (Å²) in [6.07, 6.45) is 6.18. The molecule has 6 nitrogen and oxygen atoms in total. The van der Waals surface area contributed by atoms with E-state index in [4.69, 9.17) is 5.26 Å². The van der Waals surface area contributed by atoms with Crippen LogP contribution in [-0.2, 0) is 13.1 Å². The van der Waals surface area contributed by atoms with Gasteiger partial charge < -0.3 is 14.8 Å². The molecule has 1 aromatic heterocycles. The summed E-state index contributed by atoms with van der Waals surface area (Å²) in [5.74, 6) is 1.08. The number of benzene rings is 2. The number of aromatic nitrogens is 2. The molecule has 1 saturated heterocycles. The summed E-state index contributed by atoms with van der Waals surface area (Å²) >= 11 is 1.95. The minimum Gasteiger partial charge on any atom is -0.379 e. The van der Waals surface area contributed by atoms with Crippen LogP contribution in [0.4, 0.5) is 5.69 Å². The molecule has 5 rings (SSSR count). The molecule has 0 radical (unpaired) electrons. The number of nitrogens with one attached hydrogen (secondary N) is 1. The molecule has 0 amide bonds. The Kier molecular flexibility index (Phi) is 7.00. The minimum absolute atomic E-state index is 0.683. The molecule has 174 valence electrons. The van der Waals surface area contributed by atoms with Gasteiger partial charge in [-0.2, -0.15) is 5.26 Å². The third kappa shape index (κ3) is 5.53. The van der Waals surface area contributed by atoms with Crippen molar-refractivity contribution in [3.8, 4) is 6.07 Å². The summed E-state index contributed by atoms with van der Waals surface area (Å²) in [5, 5.41) is 12.6. The predicted molar refractivity (Wildman–Crippen MR) is 139 cm³/mol. The third-order valence-electron chi connectivity index (χ3n) is 6.51. The van der Waals surface area contributed by atoms with Crippen LogP contribution in [0.5, 0.6) is 0 Å². The lowest BCUT2D eigenvalue weighted by Crippen LogP contribution is -2.45. The zero-order valence-electron chi connectivity index (χ0n) is 19.6. The summed E-state index contributed by atoms with van der Waals surface area (Å²) in [5.41, 5.74) is 6.92. The van der Waals surface area contributed by atoms with E-state index in [2.05, 4.69) is 62.1 Å². The van der Waals surface area contributed by atoms with Gasteiger partial charge in [0.25, 0.3) is 0 Å². The van der Waals surface area contributed by atoms with Gasteiger partial charge in [0.05, 0.1) is 30.2 Å². The standard InChI is InChI=1S/C27H30N6S/c1-31-8-10-32(11-9-31)17-23-12-24-13-25(6-7-27(24)34-19-23)30-16-26-15-29-20-33(26)18-22-4-2-21(14-28)3-5-22/h2-7,12-13,15,20,30H,8-11,16-19H2,1H3. The number of hydrogen-bond acceptors (Lipinski definition) is 6. The van der Waals surface area contributed by atoms with Crippen molar-refractivity contribution < 1.29 is 0 Å². The SMILES string of the molecule is CN1CCN(CC2=Cc3cc(NCc4cncn4Cc4ccc(C#N)cc4)ccc3SC2)CC1. The van der Waals surface area contributed by atoms with E-state index >= 15 is 0 Å². The highest BCUT2D eigenvalue weighted by molar-refractivity contribution is 7.99. The van der Waals surface area contributed by atoms with Gasteiger partial charge in [0.2, 0.25) is 0 Å². The Labute approximate surface area is 205 Å². The van der Waals surface area contributed by atoms with E-state index in [1.54, 1.807) is 0 Å². The number of rotatable bonds is 7. The fourth-order valence-electron chi connectivity index (χ4n) is 4.43. The Morgan fingerprint density at radius 1 is 1.06 bits per heavy atom. The minimum atomic E-state index is 0.683. The Morgan fingerprint density at radius 2 is 1.88 bits per heavy atom. The molecule has 7 heteroatoms. The number of piperazine rings is 1. The first-order valence-electron chi connectivity index (χ1n) is 11.8. The maximum atomic E-state index is 9.00. The van der Waals surface area contributed by atoms with Crippen molar-refractivity contribution in [1.29, 1.82) is 5.26 Å². The molecule has 0 bridgehead atoms. The smallest absolute Gasteiger partial charge is 0.0991 e. The van der Waals surface area contributed by atoms with E-state index in [-0.39, 0.29) is 0 Å². The van der Waals surface area contributed by atoms with Crippen molar-refractivity contribution in [3.63, 3.8) is 0 Å². The zero-order chi connectivity index (χ0) is 23.3. The first-order valence-corrected chi connectivity index (χ1v) is 12.7. The molecule has 0 spiro atoms. The molecule has 0 aliphatic carbocycles. The Bertz CT molecular complexity index is 1200. The first-order chi connectivity index (χ1) is 16.7. The lowest BCUT2D eigenvalue weighted by Gasteiger charge is -2.33. The predicted octanol–water partition coefficient (Wildman–Crippen LogP) is 4.15. The van der Waals surface area contributed by atoms with Crippen LogP contribution < -0.4 is 5.32 Å². The van der Waals surface area contributed by atoms with Gasteiger partial charge in [-0.1, -0.05) is 18.2 Å². The number of nitrogens with zero attached hydrogens (tertiary/aromatic N) is 5. The van der Waals surface area contributed by atoms with Crippen molar-refractivity contribution in [1.82, 2.24) is 19.4 Å². The summed E-state index contributed by atoms with van der Waals surface area (Å²) in [7, 11) is 2.21. The van der Waals surface area contributed by atoms with Crippen LogP contribution in [-0.4, -0.2) is 64.9 Å². The maximum Gasteiger partial charge on any atom is 0.0991 e. The monoisotopic (exact) mass is 470 g/mol. The van der Waals surface area contributed by atoms with Crippen LogP contribution in [0, 0.1) is 11.3 Å². The van der Waals surface area contributed by atoms with E-state index in [9.17, 15) is 0 Å². The Morgan fingerprint density at radius 3 is 2.68 bits per heavy atom. The first kappa shape index (κ1) is 22.7. The summed E-state index contributed by atoms with van der Waals surface area (Å²) in [6.45, 7) is 7.15. The fourth-order valence-corrected chi connectivity index (χ4v) is 5.40. The molecule has 2 aliphatic heterocycles. The number of thioether (sulfide) groups is 1. The van der Waals surface area contributed by atoms with Crippen LogP contribution in [0.15, 0.2) is 65.5 Å². The van der Waals surface area contributed by atoms with Gasteiger partial charge in [0.1, 0.15) is 0 Å². The number of anilines is 1. The normalized spacial score (nSPS) is 16.5. The van der Waals surface area contributed by atoms with Gasteiger partial charge in [-0.3, -0.25) is 4.90 Å². The van der Waals surface area contributed by atoms with E-state index in [1.165, 1.54) is 16.0 Å². The highest BCUT2D eigenvalue weighted by Gasteiger charge is 2.18. The molecular weight excluding hydrogens is 440 g/mol. The lowest BCUT2D eigenvalue weighted by molar-refractivity contribution is 0.164. The number of imidazole rings is 1. The van der Waals surface area contributed by atoms with Crippen LogP contribution >= 0.6 is 11.8 Å². The fraction of sp³-hybridized carbons (Fsp3) is 0.333. The van der Waals surface area contributed by atoms with Crippen molar-refractivity contribution >= 4 is 23.5 Å². The van der Waals surface area contributed by atoms with Gasteiger partial charge in [-0.15, -0.1) is 11.8 Å². The van der Waals surface area contributed by atoms with Crippen LogP contribution in [0.25, 0.3) is 6.08 Å². The molecule has 1 N–H and O–H groups in total. The molecule has 0 atom stereocenters. The molecule has 0 saturated carbocycles. The zero-order valence-corrected chi connectivity index (χ0v) is 20.4. The van der Waals surface area contributed by atoms with Crippen molar-refractivity contribution in [2.45, 2.75) is 18.0 Å². The average Bonchev–Trinajstić information content (AvgIpc) is 3.31. The topological polar surface area (TPSA) is 60.1 Å². The van der Waals surface area contributed by atoms with E-state index < -0.39 is 0 Å². The number of fused-ring (bicyclic) bond motifs is 1. The van der Waals surface area contributed by atoms with Gasteiger partial charge in [-0.25, -0.2) is 4.98 Å². The van der Waals surface area contributed by atoms with Crippen LogP contribution in [0.3, 0.4) is 0 Å². The average molecular weight is 471 g/mol. The molecular formula is C27H30N6S. The number of likely N-dealkylation sites (N-methyl/N-ethyl adjacent to an activating group) is 1. The maximum absolute atomic E-state index is 9.00.